The van der Waals surface area contributed by atoms with E-state index in [9.17, 15) is 22.8 Å². The highest BCUT2D eigenvalue weighted by atomic mass is 32.2. The molecule has 0 radical (unpaired) electrons. The minimum atomic E-state index is -4.82. The molecule has 2 heterocycles. The molecular weight excluding hydrogens is 486 g/mol. The van der Waals surface area contributed by atoms with Crippen molar-refractivity contribution in [3.05, 3.63) is 88.2 Å². The van der Waals surface area contributed by atoms with Gasteiger partial charge in [-0.3, -0.25) is 9.59 Å². The summed E-state index contributed by atoms with van der Waals surface area (Å²) in [7, 11) is 0. The zero-order valence-corrected chi connectivity index (χ0v) is 19.0. The lowest BCUT2D eigenvalue weighted by Gasteiger charge is -2.39. The Morgan fingerprint density at radius 1 is 1.11 bits per heavy atom. The quantitative estimate of drug-likeness (QED) is 0.579. The number of ketones is 1. The summed E-state index contributed by atoms with van der Waals surface area (Å²) in [6.45, 7) is 0.211. The summed E-state index contributed by atoms with van der Waals surface area (Å²) in [5.74, 6) is -2.05. The zero-order valence-electron chi connectivity index (χ0n) is 18.2. The smallest absolute Gasteiger partial charge is 0.406 e. The van der Waals surface area contributed by atoms with Gasteiger partial charge in [-0.2, -0.15) is 0 Å². The number of nitrogens with zero attached hydrogens (tertiary/aromatic N) is 1. The lowest BCUT2D eigenvalue weighted by atomic mass is 9.98. The molecule has 2 aromatic carbocycles. The molecule has 0 saturated carbocycles. The SMILES string of the molecule is N[C@H]1CSC2=C(F)C(C(=O)NCc3ccccc3)=CN(Cc3ccc(OC(F)(F)F)cc3)C2C1=O. The number of rotatable bonds is 6. The van der Waals surface area contributed by atoms with Gasteiger partial charge in [0.2, 0.25) is 0 Å². The van der Waals surface area contributed by atoms with Crippen molar-refractivity contribution >= 4 is 23.5 Å². The van der Waals surface area contributed by atoms with Crippen LogP contribution in [0, 0.1) is 0 Å². The molecule has 3 N–H and O–H groups in total. The van der Waals surface area contributed by atoms with Gasteiger partial charge in [-0.1, -0.05) is 42.5 Å². The number of benzene rings is 2. The molecule has 2 aliphatic rings. The molecule has 1 amide bonds. The Morgan fingerprint density at radius 2 is 1.80 bits per heavy atom. The van der Waals surface area contributed by atoms with Gasteiger partial charge in [0.25, 0.3) is 5.91 Å². The first kappa shape index (κ1) is 24.8. The first-order valence-corrected chi connectivity index (χ1v) is 11.6. The summed E-state index contributed by atoms with van der Waals surface area (Å²) < 4.78 is 56.6. The zero-order chi connectivity index (χ0) is 25.2. The van der Waals surface area contributed by atoms with Gasteiger partial charge in [-0.05, 0) is 23.3 Å². The summed E-state index contributed by atoms with van der Waals surface area (Å²) in [5, 5.41) is 2.68. The molecule has 0 bridgehead atoms. The Morgan fingerprint density at radius 3 is 2.46 bits per heavy atom. The summed E-state index contributed by atoms with van der Waals surface area (Å²) in [6.07, 6.45) is -3.56. The number of alkyl halides is 3. The Labute approximate surface area is 202 Å². The van der Waals surface area contributed by atoms with Crippen LogP contribution in [0.3, 0.4) is 0 Å². The van der Waals surface area contributed by atoms with Crippen molar-refractivity contribution in [2.45, 2.75) is 31.5 Å². The van der Waals surface area contributed by atoms with Crippen LogP contribution in [0.15, 0.2) is 77.1 Å². The van der Waals surface area contributed by atoms with E-state index < -0.39 is 41.7 Å². The van der Waals surface area contributed by atoms with Gasteiger partial charge in [-0.15, -0.1) is 24.9 Å². The van der Waals surface area contributed by atoms with Crippen LogP contribution in [0.2, 0.25) is 0 Å². The summed E-state index contributed by atoms with van der Waals surface area (Å²) in [6, 6.07) is 12.3. The molecule has 0 spiro atoms. The van der Waals surface area contributed by atoms with Gasteiger partial charge in [0.15, 0.2) is 5.78 Å². The van der Waals surface area contributed by atoms with Gasteiger partial charge in [-0.25, -0.2) is 4.39 Å². The maximum Gasteiger partial charge on any atom is 0.573 e. The molecule has 11 heteroatoms. The summed E-state index contributed by atoms with van der Waals surface area (Å²) >= 11 is 1.08. The highest BCUT2D eigenvalue weighted by molar-refractivity contribution is 8.03. The molecule has 0 aromatic heterocycles. The fraction of sp³-hybridized carbons (Fsp3) is 0.250. The second kappa shape index (κ2) is 10.1. The van der Waals surface area contributed by atoms with E-state index in [2.05, 4.69) is 10.1 Å². The predicted molar refractivity (Wildman–Crippen MR) is 122 cm³/mol. The molecule has 6 nitrogen and oxygen atoms in total. The lowest BCUT2D eigenvalue weighted by molar-refractivity contribution is -0.274. The van der Waals surface area contributed by atoms with E-state index in [0.717, 1.165) is 29.5 Å². The molecule has 184 valence electrons. The van der Waals surface area contributed by atoms with Crippen LogP contribution in [-0.4, -0.2) is 40.8 Å². The molecule has 2 aliphatic heterocycles. The first-order chi connectivity index (χ1) is 16.6. The second-order valence-corrected chi connectivity index (χ2v) is 9.04. The number of Topliss-reactive ketones (excluding diaryl/α,β-unsaturated/α-hetero) is 1. The fourth-order valence-corrected chi connectivity index (χ4v) is 4.95. The number of amides is 1. The number of ether oxygens (including phenoxy) is 1. The molecule has 2 aromatic rings. The van der Waals surface area contributed by atoms with Gasteiger partial charge >= 0.3 is 6.36 Å². The van der Waals surface area contributed by atoms with Gasteiger partial charge < -0.3 is 20.7 Å². The van der Waals surface area contributed by atoms with E-state index in [-0.39, 0.29) is 29.3 Å². The highest BCUT2D eigenvalue weighted by Crippen LogP contribution is 2.40. The van der Waals surface area contributed by atoms with E-state index in [1.807, 2.05) is 30.3 Å². The van der Waals surface area contributed by atoms with Crippen LogP contribution >= 0.6 is 11.8 Å². The molecule has 1 saturated heterocycles. The normalized spacial score (nSPS) is 20.3. The number of fused-ring (bicyclic) bond motifs is 1. The topological polar surface area (TPSA) is 84.7 Å². The van der Waals surface area contributed by atoms with Gasteiger partial charge in [0.1, 0.15) is 17.6 Å². The summed E-state index contributed by atoms with van der Waals surface area (Å²) in [4.78, 5) is 27.3. The van der Waals surface area contributed by atoms with Crippen molar-refractivity contribution in [3.8, 4) is 5.75 Å². The number of thioether (sulfide) groups is 1. The van der Waals surface area contributed by atoms with Crippen LogP contribution in [0.5, 0.6) is 5.75 Å². The molecule has 1 fully saturated rings. The van der Waals surface area contributed by atoms with E-state index in [1.165, 1.54) is 23.2 Å². The molecule has 1 unspecified atom stereocenters. The lowest BCUT2D eigenvalue weighted by Crippen LogP contribution is -2.52. The molecule has 35 heavy (non-hydrogen) atoms. The number of nitrogens with two attached hydrogens (primary N) is 1. The second-order valence-electron chi connectivity index (χ2n) is 7.98. The monoisotopic (exact) mass is 507 g/mol. The largest absolute Gasteiger partial charge is 0.573 e. The number of carbonyl (C=O) groups excluding carboxylic acids is 2. The van der Waals surface area contributed by atoms with Crippen molar-refractivity contribution < 1.29 is 31.9 Å². The number of nitrogens with one attached hydrogen (secondary N) is 1. The van der Waals surface area contributed by atoms with Crippen molar-refractivity contribution in [1.82, 2.24) is 10.2 Å². The van der Waals surface area contributed by atoms with Crippen molar-refractivity contribution in [3.63, 3.8) is 0 Å². The average molecular weight is 508 g/mol. The van der Waals surface area contributed by atoms with Crippen LogP contribution in [0.25, 0.3) is 0 Å². The van der Waals surface area contributed by atoms with Gasteiger partial charge in [0, 0.05) is 25.0 Å². The van der Waals surface area contributed by atoms with Crippen LogP contribution in [0.1, 0.15) is 11.1 Å². The first-order valence-electron chi connectivity index (χ1n) is 10.6. The maximum atomic E-state index is 15.4. The molecule has 0 aliphatic carbocycles. The standard InChI is InChI=1S/C24H21F4N3O3S/c25-19-17(23(33)30-10-14-4-2-1-3-5-14)12-31(20-21(32)18(29)13-35-22(19)20)11-15-6-8-16(9-7-15)34-24(26,27)28/h1-9,12,18,20H,10-11,13,29H2,(H,30,33)/t18-,20?/m0/s1. The number of carbonyl (C=O) groups is 2. The predicted octanol–water partition coefficient (Wildman–Crippen LogP) is 3.79. The minimum absolute atomic E-state index is 0.0300. The molecular formula is C24H21F4N3O3S. The number of hydrogen-bond donors (Lipinski definition) is 2. The van der Waals surface area contributed by atoms with Crippen LogP contribution < -0.4 is 15.8 Å². The van der Waals surface area contributed by atoms with Crippen LogP contribution in [-0.2, 0) is 22.7 Å². The maximum absolute atomic E-state index is 15.4. The Bertz CT molecular complexity index is 1170. The van der Waals surface area contributed by atoms with E-state index in [1.54, 1.807) is 0 Å². The highest BCUT2D eigenvalue weighted by Gasteiger charge is 2.42. The fourth-order valence-electron chi connectivity index (χ4n) is 3.78. The van der Waals surface area contributed by atoms with Crippen LogP contribution in [0.4, 0.5) is 17.6 Å². The average Bonchev–Trinajstić information content (AvgIpc) is 2.82. The Kier molecular flexibility index (Phi) is 7.18. The van der Waals surface area contributed by atoms with Gasteiger partial charge in [0.05, 0.1) is 16.5 Å². The van der Waals surface area contributed by atoms with Crippen molar-refractivity contribution in [2.75, 3.05) is 5.75 Å². The Balaban J connectivity index is 1.58. The molecule has 4 rings (SSSR count). The van der Waals surface area contributed by atoms with E-state index in [4.69, 9.17) is 5.73 Å². The third-order valence-electron chi connectivity index (χ3n) is 5.44. The number of halogens is 4. The van der Waals surface area contributed by atoms with E-state index in [0.29, 0.717) is 5.56 Å². The summed E-state index contributed by atoms with van der Waals surface area (Å²) in [5.41, 5.74) is 7.02. The third kappa shape index (κ3) is 5.85. The molecule has 2 atom stereocenters. The van der Waals surface area contributed by atoms with Crippen molar-refractivity contribution in [2.24, 2.45) is 5.73 Å². The van der Waals surface area contributed by atoms with Crippen molar-refractivity contribution in [1.29, 1.82) is 0 Å². The number of hydrogen-bond acceptors (Lipinski definition) is 6. The van der Waals surface area contributed by atoms with E-state index >= 15 is 4.39 Å². The minimum Gasteiger partial charge on any atom is -0.406 e. The Hall–Kier alpha value is -3.31. The third-order valence-corrected chi connectivity index (χ3v) is 6.68.